The molecule has 0 radical (unpaired) electrons. The molecule has 0 aliphatic rings. The van der Waals surface area contributed by atoms with Gasteiger partial charge < -0.3 is 4.74 Å². The van der Waals surface area contributed by atoms with E-state index < -0.39 is 43.2 Å². The normalized spacial score (nSPS) is 16.5. The van der Waals surface area contributed by atoms with E-state index in [0.29, 0.717) is 6.07 Å². The van der Waals surface area contributed by atoms with Gasteiger partial charge in [-0.25, -0.2) is 0 Å². The predicted octanol–water partition coefficient (Wildman–Crippen LogP) is 4.53. The van der Waals surface area contributed by atoms with Gasteiger partial charge in [-0.1, -0.05) is 19.4 Å². The molecule has 1 atom stereocenters. The summed E-state index contributed by atoms with van der Waals surface area (Å²) >= 11 is 0. The van der Waals surface area contributed by atoms with Crippen molar-refractivity contribution in [1.82, 2.24) is 0 Å². The van der Waals surface area contributed by atoms with Crippen LogP contribution in [0, 0.1) is 10.1 Å². The first-order valence-corrected chi connectivity index (χ1v) is 7.22. The second-order valence-corrected chi connectivity index (χ2v) is 6.60. The van der Waals surface area contributed by atoms with Gasteiger partial charge in [0, 0.05) is 11.6 Å². The van der Waals surface area contributed by atoms with Gasteiger partial charge in [0.15, 0.2) is 0 Å². The van der Waals surface area contributed by atoms with Gasteiger partial charge >= 0.3 is 16.2 Å². The molecule has 120 valence electrons. The lowest BCUT2D eigenvalue weighted by Gasteiger charge is -2.40. The Morgan fingerprint density at radius 2 is 1.81 bits per heavy atom. The Hall–Kier alpha value is -1.91. The van der Waals surface area contributed by atoms with Gasteiger partial charge in [-0.15, -0.1) is 0 Å². The molecule has 1 rings (SSSR count). The molecule has 1 unspecified atom stereocenters. The van der Waals surface area contributed by atoms with Gasteiger partial charge in [-0.05, 0) is 19.1 Å². The molecule has 0 aliphatic heterocycles. The number of benzene rings is 1. The molecule has 5 nitrogen and oxygen atoms in total. The van der Waals surface area contributed by atoms with Gasteiger partial charge in [-0.3, -0.25) is 14.9 Å². The summed E-state index contributed by atoms with van der Waals surface area (Å²) < 4.78 is 67.9. The third-order valence-corrected chi connectivity index (χ3v) is 3.81. The Balaban J connectivity index is 3.61. The highest BCUT2D eigenvalue weighted by Gasteiger charge is 2.65. The zero-order valence-electron chi connectivity index (χ0n) is 10.7. The van der Waals surface area contributed by atoms with E-state index in [1.54, 1.807) is 0 Å². The van der Waals surface area contributed by atoms with Crippen LogP contribution < -0.4 is 0 Å². The Labute approximate surface area is 115 Å². The maximum Gasteiger partial charge on any atom is 0.313 e. The van der Waals surface area contributed by atoms with Gasteiger partial charge in [0.05, 0.1) is 18.0 Å². The minimum absolute atomic E-state index is 0.0762. The van der Waals surface area contributed by atoms with E-state index in [4.69, 9.17) is 0 Å². The minimum atomic E-state index is -10.00. The molecule has 0 heterocycles. The van der Waals surface area contributed by atoms with Crippen molar-refractivity contribution in [1.29, 1.82) is 0 Å². The molecule has 0 spiro atoms. The monoisotopic (exact) mass is 335 g/mol. The number of hydrogen-bond donors (Lipinski definition) is 0. The molecular formula is C10H10F5NO4S. The molecule has 0 fully saturated rings. The van der Waals surface area contributed by atoms with Crippen LogP contribution in [0.4, 0.5) is 25.1 Å². The van der Waals surface area contributed by atoms with Crippen molar-refractivity contribution in [2.24, 2.45) is 0 Å². The number of carbonyl (C=O) groups excluding carboxylic acids is 1. The van der Waals surface area contributed by atoms with E-state index in [0.717, 1.165) is 14.0 Å². The summed E-state index contributed by atoms with van der Waals surface area (Å²) in [5.74, 6) is -2.59. The third kappa shape index (κ3) is 3.80. The number of nitro benzene ring substituents is 1. The van der Waals surface area contributed by atoms with Gasteiger partial charge in [0.2, 0.25) is 0 Å². The Morgan fingerprint density at radius 3 is 2.19 bits per heavy atom. The van der Waals surface area contributed by atoms with E-state index in [1.807, 2.05) is 0 Å². The van der Waals surface area contributed by atoms with E-state index in [1.165, 1.54) is 0 Å². The quantitative estimate of drug-likeness (QED) is 0.351. The number of nitro groups is 1. The van der Waals surface area contributed by atoms with Crippen molar-refractivity contribution in [3.63, 3.8) is 0 Å². The van der Waals surface area contributed by atoms with Crippen LogP contribution in [0.5, 0.6) is 0 Å². The van der Waals surface area contributed by atoms with Crippen molar-refractivity contribution < 1.29 is 33.9 Å². The number of carbonyl (C=O) groups is 1. The molecule has 21 heavy (non-hydrogen) atoms. The van der Waals surface area contributed by atoms with Crippen LogP contribution in [-0.2, 0) is 9.53 Å². The summed E-state index contributed by atoms with van der Waals surface area (Å²) in [6, 6.07) is 0.135. The fraction of sp³-hybridized carbons (Fsp3) is 0.300. The van der Waals surface area contributed by atoms with Crippen LogP contribution in [0.2, 0.25) is 0 Å². The first kappa shape index (κ1) is 17.1. The summed E-state index contributed by atoms with van der Waals surface area (Å²) in [6.45, 7) is 1.02. The first-order chi connectivity index (χ1) is 9.17. The van der Waals surface area contributed by atoms with Gasteiger partial charge in [-0.2, -0.15) is 0 Å². The van der Waals surface area contributed by atoms with Crippen molar-refractivity contribution >= 4 is 21.9 Å². The molecule has 0 N–H and O–H groups in total. The lowest BCUT2D eigenvalue weighted by atomic mass is 9.99. The summed E-state index contributed by atoms with van der Waals surface area (Å²) in [6.07, 6.45) is 0. The molecule has 0 amide bonds. The molecule has 1 aromatic carbocycles. The Kier molecular flexibility index (Phi) is 3.50. The van der Waals surface area contributed by atoms with Crippen molar-refractivity contribution in [2.45, 2.75) is 17.7 Å². The number of ether oxygens (including phenoxy) is 1. The summed E-state index contributed by atoms with van der Waals surface area (Å²) in [5.41, 5.74) is -1.67. The van der Waals surface area contributed by atoms with Crippen LogP contribution in [0.3, 0.4) is 0 Å². The second kappa shape index (κ2) is 4.29. The average Bonchev–Trinajstić information content (AvgIpc) is 2.33. The van der Waals surface area contributed by atoms with Crippen LogP contribution >= 0.6 is 10.2 Å². The van der Waals surface area contributed by atoms with E-state index in [9.17, 15) is 34.3 Å². The summed E-state index contributed by atoms with van der Waals surface area (Å²) in [5, 5.41) is 10.8. The topological polar surface area (TPSA) is 69.4 Å². The number of nitrogens with zero attached hydrogens (tertiary/aromatic N) is 1. The van der Waals surface area contributed by atoms with E-state index in [-0.39, 0.29) is 12.1 Å². The van der Waals surface area contributed by atoms with Gasteiger partial charge in [0.25, 0.3) is 5.69 Å². The lowest BCUT2D eigenvalue weighted by Crippen LogP contribution is -2.14. The molecule has 0 bridgehead atoms. The van der Waals surface area contributed by atoms with Crippen LogP contribution in [0.1, 0.15) is 18.4 Å². The minimum Gasteiger partial charge on any atom is -0.469 e. The third-order valence-electron chi connectivity index (χ3n) is 2.66. The van der Waals surface area contributed by atoms with Crippen molar-refractivity contribution in [3.8, 4) is 0 Å². The molecule has 0 saturated carbocycles. The molecule has 11 heteroatoms. The SMILES string of the molecule is COC(=O)C(C)c1cc(S(F)(F)(F)(F)F)ccc1[N+](=O)[O-]. The molecule has 0 saturated heterocycles. The highest BCUT2D eigenvalue weighted by atomic mass is 32.5. The standard InChI is InChI=1S/C10H10F5NO4S/c1-6(10(17)20-2)8-5-7(21(11,12,13,14)15)3-4-9(8)16(18)19/h3-6H,1-2H3. The maximum atomic E-state index is 12.7. The Morgan fingerprint density at radius 1 is 1.29 bits per heavy atom. The maximum absolute atomic E-state index is 12.7. The zero-order valence-corrected chi connectivity index (χ0v) is 11.5. The van der Waals surface area contributed by atoms with E-state index in [2.05, 4.69) is 4.74 Å². The summed E-state index contributed by atoms with van der Waals surface area (Å²) in [7, 11) is -9.08. The Bertz CT molecular complexity index is 616. The largest absolute Gasteiger partial charge is 0.469 e. The first-order valence-electron chi connectivity index (χ1n) is 5.27. The molecular weight excluding hydrogens is 325 g/mol. The van der Waals surface area contributed by atoms with Crippen LogP contribution in [0.15, 0.2) is 23.1 Å². The number of rotatable bonds is 4. The summed E-state index contributed by atoms with van der Waals surface area (Å²) in [4.78, 5) is 18.7. The highest BCUT2D eigenvalue weighted by molar-refractivity contribution is 8.45. The van der Waals surface area contributed by atoms with E-state index >= 15 is 0 Å². The van der Waals surface area contributed by atoms with Gasteiger partial charge in [0.1, 0.15) is 4.90 Å². The fourth-order valence-corrected chi connectivity index (χ4v) is 2.26. The zero-order chi connectivity index (χ0) is 16.7. The number of esters is 1. The molecule has 0 aromatic heterocycles. The smallest absolute Gasteiger partial charge is 0.313 e. The lowest BCUT2D eigenvalue weighted by molar-refractivity contribution is -0.385. The van der Waals surface area contributed by atoms with Crippen LogP contribution in [-0.4, -0.2) is 18.0 Å². The molecule has 1 aromatic rings. The number of halogens is 5. The van der Waals surface area contributed by atoms with Crippen molar-refractivity contribution in [3.05, 3.63) is 33.9 Å². The predicted molar refractivity (Wildman–Crippen MR) is 64.9 cm³/mol. The van der Waals surface area contributed by atoms with Crippen molar-refractivity contribution in [2.75, 3.05) is 7.11 Å². The average molecular weight is 335 g/mol. The fourth-order valence-electron chi connectivity index (χ4n) is 1.59. The number of methoxy groups -OCH3 is 1. The highest BCUT2D eigenvalue weighted by Crippen LogP contribution is 3.02. The second-order valence-electron chi connectivity index (χ2n) is 4.19. The number of hydrogen-bond acceptors (Lipinski definition) is 4. The van der Waals surface area contributed by atoms with Crippen LogP contribution in [0.25, 0.3) is 0 Å². The molecule has 0 aliphatic carbocycles.